The van der Waals surface area contributed by atoms with Crippen LogP contribution in [0.1, 0.15) is 32.1 Å². The van der Waals surface area contributed by atoms with E-state index in [1.807, 2.05) is 7.05 Å². The van der Waals surface area contributed by atoms with Crippen LogP contribution >= 0.6 is 0 Å². The fourth-order valence-corrected chi connectivity index (χ4v) is 2.94. The highest BCUT2D eigenvalue weighted by molar-refractivity contribution is 4.81. The van der Waals surface area contributed by atoms with Crippen molar-refractivity contribution in [2.45, 2.75) is 44.3 Å². The average Bonchev–Trinajstić information content (AvgIpc) is 2.52. The second kappa shape index (κ2) is 8.07. The van der Waals surface area contributed by atoms with Crippen molar-refractivity contribution in [2.24, 2.45) is 5.92 Å². The average molecular weight is 282 g/mol. The van der Waals surface area contributed by atoms with Crippen molar-refractivity contribution >= 4 is 0 Å². The van der Waals surface area contributed by atoms with Crippen molar-refractivity contribution in [1.82, 2.24) is 10.2 Å². The normalized spacial score (nSPS) is 25.6. The number of aliphatic hydroxyl groups is 1. The van der Waals surface area contributed by atoms with Gasteiger partial charge in [0.1, 0.15) is 0 Å². The minimum atomic E-state index is -4.20. The molecule has 1 saturated carbocycles. The van der Waals surface area contributed by atoms with Gasteiger partial charge in [-0.2, -0.15) is 13.2 Å². The number of nitrogens with one attached hydrogen (secondary N) is 1. The summed E-state index contributed by atoms with van der Waals surface area (Å²) in [6.45, 7) is -0.661. The molecule has 0 amide bonds. The van der Waals surface area contributed by atoms with Crippen LogP contribution in [0.5, 0.6) is 0 Å². The molecule has 0 heterocycles. The molecule has 0 spiro atoms. The van der Waals surface area contributed by atoms with Gasteiger partial charge in [-0.15, -0.1) is 0 Å². The summed E-state index contributed by atoms with van der Waals surface area (Å²) in [6.07, 6.45) is 1.18. The van der Waals surface area contributed by atoms with Crippen LogP contribution in [0.2, 0.25) is 0 Å². The Bertz CT molecular complexity index is 249. The zero-order valence-corrected chi connectivity index (χ0v) is 11.5. The third kappa shape index (κ3) is 6.58. The van der Waals surface area contributed by atoms with Crippen LogP contribution in [0.15, 0.2) is 0 Å². The van der Waals surface area contributed by atoms with Gasteiger partial charge in [-0.3, -0.25) is 4.90 Å². The highest BCUT2D eigenvalue weighted by Gasteiger charge is 2.32. The molecule has 6 heteroatoms. The lowest BCUT2D eigenvalue weighted by Crippen LogP contribution is -2.44. The monoisotopic (exact) mass is 282 g/mol. The zero-order valence-electron chi connectivity index (χ0n) is 11.5. The molecule has 0 radical (unpaired) electrons. The van der Waals surface area contributed by atoms with E-state index in [2.05, 4.69) is 5.32 Å². The van der Waals surface area contributed by atoms with E-state index in [0.29, 0.717) is 6.54 Å². The first-order valence-electron chi connectivity index (χ1n) is 7.03. The molecule has 1 rings (SSSR count). The molecule has 1 fully saturated rings. The predicted octanol–water partition coefficient (Wildman–Crippen LogP) is 2.01. The molecule has 3 nitrogen and oxygen atoms in total. The topological polar surface area (TPSA) is 35.5 Å². The summed E-state index contributed by atoms with van der Waals surface area (Å²) in [4.78, 5) is 1.33. The molecular weight excluding hydrogens is 257 g/mol. The molecule has 114 valence electrons. The summed E-state index contributed by atoms with van der Waals surface area (Å²) in [6, 6.07) is 0.289. The van der Waals surface area contributed by atoms with Gasteiger partial charge < -0.3 is 10.4 Å². The fourth-order valence-electron chi connectivity index (χ4n) is 2.94. The Morgan fingerprint density at radius 3 is 2.47 bits per heavy atom. The first kappa shape index (κ1) is 16.7. The van der Waals surface area contributed by atoms with Gasteiger partial charge in [0.15, 0.2) is 0 Å². The lowest BCUT2D eigenvalue weighted by atomic mass is 9.94. The van der Waals surface area contributed by atoms with Gasteiger partial charge in [0.2, 0.25) is 0 Å². The largest absolute Gasteiger partial charge is 0.401 e. The van der Waals surface area contributed by atoms with Crippen molar-refractivity contribution in [1.29, 1.82) is 0 Å². The van der Waals surface area contributed by atoms with E-state index < -0.39 is 12.7 Å². The number of nitrogens with zero attached hydrogens (tertiary/aromatic N) is 1. The standard InChI is InChI=1S/C13H25F3N2O/c1-17-12-6-4-2-3-5-11(12)9-18(7-8-19)10-13(14,15)16/h11-12,17,19H,2-10H2,1H3. The number of aliphatic hydroxyl groups excluding tert-OH is 1. The SMILES string of the molecule is CNC1CCCCCC1CN(CCO)CC(F)(F)F. The van der Waals surface area contributed by atoms with E-state index in [0.717, 1.165) is 32.1 Å². The number of hydrogen-bond donors (Lipinski definition) is 2. The summed E-state index contributed by atoms with van der Waals surface area (Å²) in [5, 5.41) is 12.2. The fraction of sp³-hybridized carbons (Fsp3) is 1.00. The minimum absolute atomic E-state index is 0.0897. The van der Waals surface area contributed by atoms with Crippen LogP contribution in [-0.4, -0.2) is 55.5 Å². The zero-order chi connectivity index (χ0) is 14.3. The molecule has 1 aliphatic carbocycles. The Balaban J connectivity index is 2.58. The molecule has 0 aliphatic heterocycles. The first-order valence-corrected chi connectivity index (χ1v) is 7.03. The van der Waals surface area contributed by atoms with Gasteiger partial charge >= 0.3 is 6.18 Å². The summed E-state index contributed by atoms with van der Waals surface area (Å²) < 4.78 is 37.5. The van der Waals surface area contributed by atoms with Gasteiger partial charge in [-0.05, 0) is 25.8 Å². The Labute approximate surface area is 113 Å². The smallest absolute Gasteiger partial charge is 0.395 e. The number of rotatable bonds is 6. The van der Waals surface area contributed by atoms with Crippen molar-refractivity contribution in [2.75, 3.05) is 33.3 Å². The second-order valence-corrected chi connectivity index (χ2v) is 5.37. The molecule has 0 saturated heterocycles. The van der Waals surface area contributed by atoms with Crippen LogP contribution in [0.4, 0.5) is 13.2 Å². The van der Waals surface area contributed by atoms with Gasteiger partial charge in [-0.25, -0.2) is 0 Å². The molecule has 0 aromatic heterocycles. The second-order valence-electron chi connectivity index (χ2n) is 5.37. The minimum Gasteiger partial charge on any atom is -0.395 e. The molecule has 2 unspecified atom stereocenters. The molecule has 1 aliphatic rings. The number of alkyl halides is 3. The van der Waals surface area contributed by atoms with E-state index >= 15 is 0 Å². The summed E-state index contributed by atoms with van der Waals surface area (Å²) in [5.41, 5.74) is 0. The maximum atomic E-state index is 12.5. The van der Waals surface area contributed by atoms with Crippen LogP contribution in [0.25, 0.3) is 0 Å². The highest BCUT2D eigenvalue weighted by atomic mass is 19.4. The lowest BCUT2D eigenvalue weighted by Gasteiger charge is -2.31. The highest BCUT2D eigenvalue weighted by Crippen LogP contribution is 2.25. The van der Waals surface area contributed by atoms with E-state index in [9.17, 15) is 13.2 Å². The van der Waals surface area contributed by atoms with Crippen molar-refractivity contribution in [3.63, 3.8) is 0 Å². The third-order valence-corrected chi connectivity index (χ3v) is 3.84. The van der Waals surface area contributed by atoms with Crippen LogP contribution in [0.3, 0.4) is 0 Å². The van der Waals surface area contributed by atoms with Gasteiger partial charge in [0.25, 0.3) is 0 Å². The first-order chi connectivity index (χ1) is 8.96. The van der Waals surface area contributed by atoms with Crippen molar-refractivity contribution in [3.8, 4) is 0 Å². The number of halogens is 3. The van der Waals surface area contributed by atoms with Gasteiger partial charge in [0, 0.05) is 19.1 Å². The van der Waals surface area contributed by atoms with E-state index in [-0.39, 0.29) is 25.1 Å². The predicted molar refractivity (Wildman–Crippen MR) is 69.0 cm³/mol. The Hall–Kier alpha value is -0.330. The third-order valence-electron chi connectivity index (χ3n) is 3.84. The number of hydrogen-bond acceptors (Lipinski definition) is 3. The molecule has 2 N–H and O–H groups in total. The molecule has 2 atom stereocenters. The van der Waals surface area contributed by atoms with Gasteiger partial charge in [-0.1, -0.05) is 19.3 Å². The van der Waals surface area contributed by atoms with Crippen LogP contribution < -0.4 is 5.32 Å². The Morgan fingerprint density at radius 2 is 1.89 bits per heavy atom. The molecule has 0 bridgehead atoms. The van der Waals surface area contributed by atoms with E-state index in [1.165, 1.54) is 4.90 Å². The summed E-state index contributed by atoms with van der Waals surface area (Å²) >= 11 is 0. The quantitative estimate of drug-likeness (QED) is 0.732. The van der Waals surface area contributed by atoms with Gasteiger partial charge in [0.05, 0.1) is 13.2 Å². The molecule has 19 heavy (non-hydrogen) atoms. The van der Waals surface area contributed by atoms with Crippen molar-refractivity contribution in [3.05, 3.63) is 0 Å². The summed E-state index contributed by atoms with van der Waals surface area (Å²) in [7, 11) is 1.88. The van der Waals surface area contributed by atoms with Crippen molar-refractivity contribution < 1.29 is 18.3 Å². The summed E-state index contributed by atoms with van der Waals surface area (Å²) in [5.74, 6) is 0.237. The van der Waals surface area contributed by atoms with Crippen LogP contribution in [0, 0.1) is 5.92 Å². The molecule has 0 aromatic rings. The molecular formula is C13H25F3N2O. The van der Waals surface area contributed by atoms with E-state index in [4.69, 9.17) is 5.11 Å². The van der Waals surface area contributed by atoms with E-state index in [1.54, 1.807) is 0 Å². The Morgan fingerprint density at radius 1 is 1.21 bits per heavy atom. The molecule has 0 aromatic carbocycles. The Kier molecular flexibility index (Phi) is 7.10. The maximum Gasteiger partial charge on any atom is 0.401 e. The maximum absolute atomic E-state index is 12.5. The van der Waals surface area contributed by atoms with Crippen LogP contribution in [-0.2, 0) is 0 Å². The lowest BCUT2D eigenvalue weighted by molar-refractivity contribution is -0.148.